The number of hydrogen-bond acceptors (Lipinski definition) is 6. The van der Waals surface area contributed by atoms with Crippen LogP contribution in [0, 0.1) is 11.8 Å². The van der Waals surface area contributed by atoms with Gasteiger partial charge in [-0.05, 0) is 42.4 Å². The number of carbonyl (C=O) groups excluding carboxylic acids is 1. The second kappa shape index (κ2) is 11.2. The number of H-pyrrole nitrogens is 1. The number of rotatable bonds is 5. The first-order valence-electron chi connectivity index (χ1n) is 12.5. The highest BCUT2D eigenvalue weighted by Gasteiger charge is 2.34. The quantitative estimate of drug-likeness (QED) is 0.375. The fraction of sp³-hybridized carbons (Fsp3) is 0.286. The molecule has 1 fully saturated rings. The number of amides is 1. The Bertz CT molecular complexity index is 1550. The maximum atomic E-state index is 13.9. The van der Waals surface area contributed by atoms with Crippen LogP contribution in [0.3, 0.4) is 0 Å². The topological polar surface area (TPSA) is 90.0 Å². The van der Waals surface area contributed by atoms with Crippen LogP contribution < -0.4 is 5.32 Å². The van der Waals surface area contributed by atoms with Crippen molar-refractivity contribution in [2.45, 2.75) is 19.6 Å². The number of carbonyl (C=O) groups is 1. The van der Waals surface area contributed by atoms with Crippen LogP contribution in [0.4, 0.5) is 19.0 Å². The summed E-state index contributed by atoms with van der Waals surface area (Å²) in [6, 6.07) is 8.80. The molecule has 1 saturated heterocycles. The van der Waals surface area contributed by atoms with Crippen molar-refractivity contribution in [3.8, 4) is 11.8 Å². The summed E-state index contributed by atoms with van der Waals surface area (Å²) in [4.78, 5) is 25.5. The lowest BCUT2D eigenvalue weighted by atomic mass is 10.0. The van der Waals surface area contributed by atoms with E-state index < -0.39 is 17.6 Å². The van der Waals surface area contributed by atoms with Gasteiger partial charge in [-0.3, -0.25) is 14.8 Å². The average molecular weight is 534 g/mol. The van der Waals surface area contributed by atoms with E-state index in [1.54, 1.807) is 24.5 Å². The van der Waals surface area contributed by atoms with Gasteiger partial charge in [0.15, 0.2) is 5.65 Å². The predicted molar refractivity (Wildman–Crippen MR) is 141 cm³/mol. The molecule has 0 unspecified atom stereocenters. The summed E-state index contributed by atoms with van der Waals surface area (Å²) in [5.74, 6) is 5.48. The predicted octanol–water partition coefficient (Wildman–Crippen LogP) is 4.16. The average Bonchev–Trinajstić information content (AvgIpc) is 3.40. The van der Waals surface area contributed by atoms with E-state index in [4.69, 9.17) is 0 Å². The Hall–Kier alpha value is -4.27. The minimum absolute atomic E-state index is 0.0975. The normalized spacial score (nSPS) is 14.7. The number of halogens is 3. The van der Waals surface area contributed by atoms with Gasteiger partial charge in [0.25, 0.3) is 5.91 Å². The van der Waals surface area contributed by atoms with Crippen LogP contribution in [-0.2, 0) is 12.7 Å². The number of aromatic nitrogens is 4. The highest BCUT2D eigenvalue weighted by Crippen LogP contribution is 2.33. The van der Waals surface area contributed by atoms with Crippen molar-refractivity contribution in [2.24, 2.45) is 0 Å². The summed E-state index contributed by atoms with van der Waals surface area (Å²) in [5.41, 5.74) is 1.16. The van der Waals surface area contributed by atoms with Crippen LogP contribution in [0.25, 0.3) is 11.0 Å². The van der Waals surface area contributed by atoms with Gasteiger partial charge in [0, 0.05) is 67.2 Å². The highest BCUT2D eigenvalue weighted by molar-refractivity contribution is 6.04. The number of alkyl halides is 3. The van der Waals surface area contributed by atoms with Crippen LogP contribution in [0.15, 0.2) is 55.0 Å². The van der Waals surface area contributed by atoms with E-state index >= 15 is 0 Å². The van der Waals surface area contributed by atoms with Gasteiger partial charge in [0.2, 0.25) is 0 Å². The maximum absolute atomic E-state index is 13.9. The number of benzene rings is 1. The van der Waals surface area contributed by atoms with Gasteiger partial charge in [-0.1, -0.05) is 24.8 Å². The molecular weight excluding hydrogens is 507 g/mol. The first kappa shape index (κ1) is 26.3. The Balaban J connectivity index is 1.30. The number of fused-ring (bicyclic) bond motifs is 1. The standard InChI is InChI=1S/C28H26F3N7O/c1-2-37-9-11-38(12-10-37)18-22-6-5-21(15-24(22)28(29,30)31)27(39)35-25-14-19(7-8-32-25)3-4-20-13-23-17-34-36-26(23)33-16-20/h5-8,13-17H,2,9-12,18H2,1H3,(H,32,35,39)(H,33,34,36). The van der Waals surface area contributed by atoms with Crippen LogP contribution >= 0.6 is 0 Å². The van der Waals surface area contributed by atoms with Gasteiger partial charge in [-0.2, -0.15) is 18.3 Å². The molecule has 3 aromatic heterocycles. The largest absolute Gasteiger partial charge is 0.416 e. The molecule has 4 aromatic rings. The van der Waals surface area contributed by atoms with Gasteiger partial charge in [0.1, 0.15) is 5.82 Å². The first-order chi connectivity index (χ1) is 18.8. The summed E-state index contributed by atoms with van der Waals surface area (Å²) >= 11 is 0. The van der Waals surface area contributed by atoms with E-state index in [9.17, 15) is 18.0 Å². The van der Waals surface area contributed by atoms with E-state index in [0.29, 0.717) is 29.9 Å². The number of aromatic amines is 1. The van der Waals surface area contributed by atoms with Crippen LogP contribution in [0.5, 0.6) is 0 Å². The summed E-state index contributed by atoms with van der Waals surface area (Å²) in [7, 11) is 0. The minimum atomic E-state index is -4.58. The zero-order valence-electron chi connectivity index (χ0n) is 21.2. The van der Waals surface area contributed by atoms with Gasteiger partial charge < -0.3 is 10.2 Å². The molecule has 11 heteroatoms. The monoisotopic (exact) mass is 533 g/mol. The summed E-state index contributed by atoms with van der Waals surface area (Å²) < 4.78 is 41.8. The second-order valence-electron chi connectivity index (χ2n) is 9.25. The Labute approximate surface area is 223 Å². The van der Waals surface area contributed by atoms with Crippen molar-refractivity contribution in [1.29, 1.82) is 0 Å². The van der Waals surface area contributed by atoms with Crippen LogP contribution in [0.2, 0.25) is 0 Å². The van der Waals surface area contributed by atoms with Gasteiger partial charge in [-0.25, -0.2) is 9.97 Å². The number of hydrogen-bond donors (Lipinski definition) is 2. The molecule has 1 aromatic carbocycles. The van der Waals surface area contributed by atoms with Crippen molar-refractivity contribution >= 4 is 22.8 Å². The van der Waals surface area contributed by atoms with Crippen LogP contribution in [0.1, 0.15) is 39.5 Å². The van der Waals surface area contributed by atoms with Gasteiger partial charge >= 0.3 is 6.18 Å². The van der Waals surface area contributed by atoms with Crippen molar-refractivity contribution < 1.29 is 18.0 Å². The lowest BCUT2D eigenvalue weighted by Gasteiger charge is -2.34. The van der Waals surface area contributed by atoms with Gasteiger partial charge in [0.05, 0.1) is 11.8 Å². The molecule has 1 aliphatic heterocycles. The zero-order chi connectivity index (χ0) is 27.4. The Morgan fingerprint density at radius 1 is 1.00 bits per heavy atom. The fourth-order valence-electron chi connectivity index (χ4n) is 4.44. The number of nitrogens with one attached hydrogen (secondary N) is 2. The molecule has 5 rings (SSSR count). The smallest absolute Gasteiger partial charge is 0.307 e. The summed E-state index contributed by atoms with van der Waals surface area (Å²) in [5, 5.41) is 10.1. The van der Waals surface area contributed by atoms with Crippen molar-refractivity contribution in [3.05, 3.63) is 82.8 Å². The zero-order valence-corrected chi connectivity index (χ0v) is 21.2. The van der Waals surface area contributed by atoms with E-state index in [0.717, 1.165) is 31.1 Å². The molecule has 2 N–H and O–H groups in total. The Kier molecular flexibility index (Phi) is 7.58. The molecule has 0 bridgehead atoms. The molecule has 39 heavy (non-hydrogen) atoms. The molecular formula is C28H26F3N7O. The molecule has 0 atom stereocenters. The minimum Gasteiger partial charge on any atom is -0.307 e. The van der Waals surface area contributed by atoms with Gasteiger partial charge in [-0.15, -0.1) is 0 Å². The van der Waals surface area contributed by atoms with E-state index in [-0.39, 0.29) is 23.5 Å². The molecule has 1 aliphatic rings. The number of piperazine rings is 1. The highest BCUT2D eigenvalue weighted by atomic mass is 19.4. The number of nitrogens with zero attached hydrogens (tertiary/aromatic N) is 5. The summed E-state index contributed by atoms with van der Waals surface area (Å²) in [6.45, 7) is 6.23. The molecule has 0 spiro atoms. The molecule has 0 saturated carbocycles. The number of likely N-dealkylation sites (N-methyl/N-ethyl adjacent to an activating group) is 1. The molecule has 0 radical (unpaired) electrons. The second-order valence-corrected chi connectivity index (χ2v) is 9.25. The van der Waals surface area contributed by atoms with Crippen LogP contribution in [-0.4, -0.2) is 68.6 Å². The van der Waals surface area contributed by atoms with E-state index in [1.807, 2.05) is 11.0 Å². The SMILES string of the molecule is CCN1CCN(Cc2ccc(C(=O)Nc3cc(C#Cc4cnc5[nH]ncc5c4)ccn3)cc2C(F)(F)F)CC1. The Morgan fingerprint density at radius 3 is 2.54 bits per heavy atom. The van der Waals surface area contributed by atoms with Crippen molar-refractivity contribution in [1.82, 2.24) is 30.0 Å². The Morgan fingerprint density at radius 2 is 1.77 bits per heavy atom. The molecule has 1 amide bonds. The lowest BCUT2D eigenvalue weighted by Crippen LogP contribution is -2.45. The fourth-order valence-corrected chi connectivity index (χ4v) is 4.44. The third kappa shape index (κ3) is 6.42. The molecule has 4 heterocycles. The maximum Gasteiger partial charge on any atom is 0.416 e. The summed E-state index contributed by atoms with van der Waals surface area (Å²) in [6.07, 6.45) is 0.154. The molecule has 0 aliphatic carbocycles. The van der Waals surface area contributed by atoms with Crippen molar-refractivity contribution in [2.75, 3.05) is 38.0 Å². The lowest BCUT2D eigenvalue weighted by molar-refractivity contribution is -0.138. The van der Waals surface area contributed by atoms with E-state index in [1.165, 1.54) is 18.3 Å². The van der Waals surface area contributed by atoms with Crippen molar-refractivity contribution in [3.63, 3.8) is 0 Å². The first-order valence-corrected chi connectivity index (χ1v) is 12.5. The van der Waals surface area contributed by atoms with E-state index in [2.05, 4.69) is 49.1 Å². The molecule has 8 nitrogen and oxygen atoms in total. The number of pyridine rings is 2. The number of anilines is 1. The third-order valence-corrected chi connectivity index (χ3v) is 6.63. The molecule has 200 valence electrons. The third-order valence-electron chi connectivity index (χ3n) is 6.63.